The summed E-state index contributed by atoms with van der Waals surface area (Å²) in [6.45, 7) is 3.99. The molecule has 1 aromatic rings. The van der Waals surface area contributed by atoms with Crippen LogP contribution in [0.2, 0.25) is 0 Å². The number of aromatic nitrogens is 3. The van der Waals surface area contributed by atoms with Crippen molar-refractivity contribution in [1.29, 1.82) is 0 Å². The predicted molar refractivity (Wildman–Crippen MR) is 67.5 cm³/mol. The molecule has 0 amide bonds. The van der Waals surface area contributed by atoms with Crippen LogP contribution in [0.5, 0.6) is 6.01 Å². The number of nitrogens with zero attached hydrogens (tertiary/aromatic N) is 3. The van der Waals surface area contributed by atoms with Crippen molar-refractivity contribution in [1.82, 2.24) is 15.0 Å². The molecule has 7 nitrogen and oxygen atoms in total. The molecule has 100 valence electrons. The van der Waals surface area contributed by atoms with Crippen molar-refractivity contribution >= 4 is 11.9 Å². The molecule has 1 atom stereocenters. The van der Waals surface area contributed by atoms with Gasteiger partial charge in [-0.15, -0.1) is 0 Å². The molecule has 0 spiro atoms. The van der Waals surface area contributed by atoms with Crippen LogP contribution >= 0.6 is 0 Å². The minimum Gasteiger partial charge on any atom is -0.464 e. The van der Waals surface area contributed by atoms with Gasteiger partial charge in [-0.2, -0.15) is 15.0 Å². The summed E-state index contributed by atoms with van der Waals surface area (Å²) in [6, 6.07) is 0.254. The number of nitrogens with one attached hydrogen (secondary N) is 1. The third-order valence-electron chi connectivity index (χ3n) is 2.68. The lowest BCUT2D eigenvalue weighted by molar-refractivity contribution is 0.107. The van der Waals surface area contributed by atoms with Gasteiger partial charge in [-0.05, 0) is 26.2 Å². The molecule has 1 saturated heterocycles. The van der Waals surface area contributed by atoms with E-state index < -0.39 is 0 Å². The molecule has 1 aliphatic heterocycles. The highest BCUT2D eigenvalue weighted by Crippen LogP contribution is 2.15. The van der Waals surface area contributed by atoms with Crippen LogP contribution in [0.25, 0.3) is 0 Å². The Morgan fingerprint density at radius 2 is 2.33 bits per heavy atom. The minimum atomic E-state index is 0.160. The first-order valence-electron chi connectivity index (χ1n) is 6.27. The summed E-state index contributed by atoms with van der Waals surface area (Å²) >= 11 is 0. The molecule has 0 aliphatic carbocycles. The summed E-state index contributed by atoms with van der Waals surface area (Å²) in [5.74, 6) is 0.608. The summed E-state index contributed by atoms with van der Waals surface area (Å²) in [6.07, 6.45) is 3.57. The third kappa shape index (κ3) is 3.69. The minimum absolute atomic E-state index is 0.160. The molecule has 0 radical (unpaired) electrons. The molecule has 0 aromatic carbocycles. The van der Waals surface area contributed by atoms with Crippen molar-refractivity contribution in [3.63, 3.8) is 0 Å². The molecule has 1 unspecified atom stereocenters. The molecule has 1 fully saturated rings. The maximum atomic E-state index is 5.58. The van der Waals surface area contributed by atoms with Gasteiger partial charge in [0.1, 0.15) is 0 Å². The lowest BCUT2D eigenvalue weighted by Gasteiger charge is -2.10. The van der Waals surface area contributed by atoms with Crippen LogP contribution in [0.15, 0.2) is 0 Å². The average Bonchev–Trinajstić information content (AvgIpc) is 2.82. The Morgan fingerprint density at radius 3 is 3.06 bits per heavy atom. The van der Waals surface area contributed by atoms with E-state index in [4.69, 9.17) is 15.2 Å². The van der Waals surface area contributed by atoms with Crippen molar-refractivity contribution in [2.24, 2.45) is 0 Å². The molecule has 7 heteroatoms. The SMILES string of the molecule is CCOc1nc(N)nc(NCCC2CCCO2)n1. The second-order valence-corrected chi connectivity index (χ2v) is 4.08. The van der Waals surface area contributed by atoms with Crippen LogP contribution < -0.4 is 15.8 Å². The number of hydrogen-bond donors (Lipinski definition) is 2. The Balaban J connectivity index is 1.83. The van der Waals surface area contributed by atoms with Crippen molar-refractivity contribution < 1.29 is 9.47 Å². The van der Waals surface area contributed by atoms with E-state index in [9.17, 15) is 0 Å². The highest BCUT2D eigenvalue weighted by Gasteiger charge is 2.15. The largest absolute Gasteiger partial charge is 0.464 e. The number of hydrogen-bond acceptors (Lipinski definition) is 7. The van der Waals surface area contributed by atoms with Crippen LogP contribution in [0.4, 0.5) is 11.9 Å². The molecule has 1 aliphatic rings. The summed E-state index contributed by atoms with van der Waals surface area (Å²) in [7, 11) is 0. The van der Waals surface area contributed by atoms with Gasteiger partial charge in [0.2, 0.25) is 11.9 Å². The van der Waals surface area contributed by atoms with E-state index >= 15 is 0 Å². The Hall–Kier alpha value is -1.63. The van der Waals surface area contributed by atoms with Gasteiger partial charge >= 0.3 is 6.01 Å². The zero-order valence-corrected chi connectivity index (χ0v) is 10.6. The van der Waals surface area contributed by atoms with Gasteiger partial charge in [0.05, 0.1) is 12.7 Å². The summed E-state index contributed by atoms with van der Waals surface area (Å²) in [5, 5.41) is 3.11. The van der Waals surface area contributed by atoms with Gasteiger partial charge in [-0.3, -0.25) is 0 Å². The Labute approximate surface area is 106 Å². The maximum absolute atomic E-state index is 5.58. The summed E-state index contributed by atoms with van der Waals surface area (Å²) < 4.78 is 10.7. The second kappa shape index (κ2) is 6.34. The van der Waals surface area contributed by atoms with E-state index in [2.05, 4.69) is 20.3 Å². The molecule has 0 bridgehead atoms. The Bertz CT molecular complexity index is 382. The second-order valence-electron chi connectivity index (χ2n) is 4.08. The van der Waals surface area contributed by atoms with Gasteiger partial charge in [-0.25, -0.2) is 0 Å². The van der Waals surface area contributed by atoms with Gasteiger partial charge in [0.15, 0.2) is 0 Å². The predicted octanol–water partition coefficient (Wildman–Crippen LogP) is 0.833. The van der Waals surface area contributed by atoms with E-state index in [0.717, 1.165) is 32.4 Å². The molecular weight excluding hydrogens is 234 g/mol. The van der Waals surface area contributed by atoms with Gasteiger partial charge in [0.25, 0.3) is 0 Å². The smallest absolute Gasteiger partial charge is 0.323 e. The summed E-state index contributed by atoms with van der Waals surface area (Å²) in [5.41, 5.74) is 5.58. The number of ether oxygens (including phenoxy) is 2. The number of anilines is 2. The van der Waals surface area contributed by atoms with Crippen molar-refractivity contribution in [2.75, 3.05) is 30.8 Å². The normalized spacial score (nSPS) is 18.8. The maximum Gasteiger partial charge on any atom is 0.323 e. The fourth-order valence-corrected chi connectivity index (χ4v) is 1.86. The topological polar surface area (TPSA) is 95.2 Å². The van der Waals surface area contributed by atoms with Crippen LogP contribution in [0, 0.1) is 0 Å². The fraction of sp³-hybridized carbons (Fsp3) is 0.727. The molecule has 2 heterocycles. The molecule has 18 heavy (non-hydrogen) atoms. The first kappa shape index (κ1) is 12.8. The number of nitrogens with two attached hydrogens (primary N) is 1. The van der Waals surface area contributed by atoms with Crippen molar-refractivity contribution in [2.45, 2.75) is 32.3 Å². The lowest BCUT2D eigenvalue weighted by Crippen LogP contribution is -2.15. The zero-order chi connectivity index (χ0) is 12.8. The van der Waals surface area contributed by atoms with E-state index in [1.165, 1.54) is 0 Å². The van der Waals surface area contributed by atoms with E-state index in [-0.39, 0.29) is 12.0 Å². The third-order valence-corrected chi connectivity index (χ3v) is 2.68. The Kier molecular flexibility index (Phi) is 4.52. The molecule has 2 rings (SSSR count). The number of rotatable bonds is 6. The summed E-state index contributed by atoms with van der Waals surface area (Å²) in [4.78, 5) is 12.0. The van der Waals surface area contributed by atoms with Crippen molar-refractivity contribution in [3.05, 3.63) is 0 Å². The fourth-order valence-electron chi connectivity index (χ4n) is 1.86. The molecule has 3 N–H and O–H groups in total. The van der Waals surface area contributed by atoms with Crippen LogP contribution in [-0.4, -0.2) is 40.8 Å². The van der Waals surface area contributed by atoms with E-state index in [1.54, 1.807) is 0 Å². The highest BCUT2D eigenvalue weighted by atomic mass is 16.5. The monoisotopic (exact) mass is 253 g/mol. The number of nitrogen functional groups attached to an aromatic ring is 1. The van der Waals surface area contributed by atoms with E-state index in [1.807, 2.05) is 6.92 Å². The quantitative estimate of drug-likeness (QED) is 0.775. The first-order chi connectivity index (χ1) is 8.78. The highest BCUT2D eigenvalue weighted by molar-refractivity contribution is 5.32. The van der Waals surface area contributed by atoms with Crippen LogP contribution in [0.3, 0.4) is 0 Å². The standard InChI is InChI=1S/C11H19N5O2/c1-2-17-11-15-9(12)14-10(16-11)13-6-5-8-4-3-7-18-8/h8H,2-7H2,1H3,(H3,12,13,14,15,16). The average molecular weight is 253 g/mol. The van der Waals surface area contributed by atoms with Crippen LogP contribution in [-0.2, 0) is 4.74 Å². The molecule has 0 saturated carbocycles. The Morgan fingerprint density at radius 1 is 1.44 bits per heavy atom. The van der Waals surface area contributed by atoms with Gasteiger partial charge in [-0.1, -0.05) is 0 Å². The first-order valence-corrected chi connectivity index (χ1v) is 6.27. The van der Waals surface area contributed by atoms with Gasteiger partial charge < -0.3 is 20.5 Å². The molecular formula is C11H19N5O2. The van der Waals surface area contributed by atoms with E-state index in [0.29, 0.717) is 18.7 Å². The van der Waals surface area contributed by atoms with Crippen molar-refractivity contribution in [3.8, 4) is 6.01 Å². The molecule has 1 aromatic heterocycles. The lowest BCUT2D eigenvalue weighted by atomic mass is 10.2. The zero-order valence-electron chi connectivity index (χ0n) is 10.6. The van der Waals surface area contributed by atoms with Crippen LogP contribution in [0.1, 0.15) is 26.2 Å². The van der Waals surface area contributed by atoms with Gasteiger partial charge in [0, 0.05) is 13.2 Å².